The fourth-order valence-electron chi connectivity index (χ4n) is 2.92. The monoisotopic (exact) mass is 381 g/mol. The summed E-state index contributed by atoms with van der Waals surface area (Å²) in [6, 6.07) is 4.88. The summed E-state index contributed by atoms with van der Waals surface area (Å²) in [4.78, 5) is 27.8. The van der Waals surface area contributed by atoms with Gasteiger partial charge in [0.25, 0.3) is 11.5 Å². The lowest BCUT2D eigenvalue weighted by Crippen LogP contribution is -2.27. The van der Waals surface area contributed by atoms with Gasteiger partial charge in [-0.05, 0) is 31.0 Å². The van der Waals surface area contributed by atoms with Gasteiger partial charge in [-0.2, -0.15) is 5.10 Å². The van der Waals surface area contributed by atoms with Crippen molar-refractivity contribution in [2.24, 2.45) is 11.7 Å². The second kappa shape index (κ2) is 8.37. The van der Waals surface area contributed by atoms with Gasteiger partial charge in [-0.15, -0.1) is 12.4 Å². The zero-order valence-corrected chi connectivity index (χ0v) is 15.7. The number of hydrogen-bond acceptors (Lipinski definition) is 6. The number of nitrogens with zero attached hydrogens (tertiary/aromatic N) is 4. The summed E-state index contributed by atoms with van der Waals surface area (Å²) in [6.07, 6.45) is 2.73. The average molecular weight is 382 g/mol. The number of carbonyl (C=O) groups is 1. The molecule has 1 fully saturated rings. The zero-order chi connectivity index (χ0) is 18.0. The van der Waals surface area contributed by atoms with E-state index < -0.39 is 0 Å². The predicted octanol–water partition coefficient (Wildman–Crippen LogP) is 0.793. The molecule has 0 spiro atoms. The molecule has 3 heterocycles. The third kappa shape index (κ3) is 4.25. The van der Waals surface area contributed by atoms with Crippen molar-refractivity contribution in [3.63, 3.8) is 0 Å². The maximum absolute atomic E-state index is 12.3. The first-order valence-electron chi connectivity index (χ1n) is 8.30. The molecule has 1 saturated heterocycles. The summed E-state index contributed by atoms with van der Waals surface area (Å²) >= 11 is 0. The first-order chi connectivity index (χ1) is 12.0. The fraction of sp³-hybridized carbons (Fsp3) is 0.471. The maximum Gasteiger partial charge on any atom is 0.289 e. The normalized spacial score (nSPS) is 16.4. The van der Waals surface area contributed by atoms with E-state index in [1.54, 1.807) is 38.5 Å². The molecule has 0 saturated carbocycles. The first-order valence-corrected chi connectivity index (χ1v) is 8.30. The fourth-order valence-corrected chi connectivity index (χ4v) is 2.92. The molecular weight excluding hydrogens is 358 g/mol. The number of hydrogen-bond donors (Lipinski definition) is 1. The standard InChI is InChI=1S/C17H23N5O3.ClH/c1-20(2)17(24)15-4-3-14(25-15)11-22-16(23)7-13(9-19-22)21-6-5-12(8-18)10-21;/h3-4,7,9,12H,5-6,8,10-11,18H2,1-2H3;1H. The number of halogens is 1. The maximum atomic E-state index is 12.3. The molecule has 1 aliphatic rings. The highest BCUT2D eigenvalue weighted by Crippen LogP contribution is 2.21. The molecule has 0 bridgehead atoms. The van der Waals surface area contributed by atoms with Gasteiger partial charge in [0.2, 0.25) is 0 Å². The van der Waals surface area contributed by atoms with Crippen molar-refractivity contribution < 1.29 is 9.21 Å². The van der Waals surface area contributed by atoms with Crippen LogP contribution in [0.3, 0.4) is 0 Å². The molecule has 0 aromatic carbocycles. The van der Waals surface area contributed by atoms with Crippen LogP contribution in [0.25, 0.3) is 0 Å². The average Bonchev–Trinajstić information content (AvgIpc) is 3.25. The Labute approximate surface area is 158 Å². The molecule has 2 aromatic heterocycles. The van der Waals surface area contributed by atoms with Gasteiger partial charge in [0, 0.05) is 33.3 Å². The Morgan fingerprint density at radius 1 is 1.42 bits per heavy atom. The Morgan fingerprint density at radius 3 is 2.81 bits per heavy atom. The highest BCUT2D eigenvalue weighted by Gasteiger charge is 2.22. The number of furan rings is 1. The third-order valence-corrected chi connectivity index (χ3v) is 4.42. The van der Waals surface area contributed by atoms with E-state index in [1.807, 2.05) is 0 Å². The van der Waals surface area contributed by atoms with E-state index in [-0.39, 0.29) is 36.2 Å². The smallest absolute Gasteiger partial charge is 0.289 e. The number of anilines is 1. The van der Waals surface area contributed by atoms with Crippen molar-refractivity contribution >= 4 is 24.0 Å². The van der Waals surface area contributed by atoms with E-state index >= 15 is 0 Å². The summed E-state index contributed by atoms with van der Waals surface area (Å²) in [5, 5.41) is 4.23. The van der Waals surface area contributed by atoms with Crippen LogP contribution in [0.2, 0.25) is 0 Å². The minimum absolute atomic E-state index is 0. The van der Waals surface area contributed by atoms with Crippen LogP contribution in [0.1, 0.15) is 22.7 Å². The van der Waals surface area contributed by atoms with Crippen LogP contribution < -0.4 is 16.2 Å². The summed E-state index contributed by atoms with van der Waals surface area (Å²) in [7, 11) is 3.31. The third-order valence-electron chi connectivity index (χ3n) is 4.42. The second-order valence-corrected chi connectivity index (χ2v) is 6.51. The molecule has 9 heteroatoms. The first kappa shape index (κ1) is 20.0. The van der Waals surface area contributed by atoms with Gasteiger partial charge in [0.05, 0.1) is 11.9 Å². The number of carbonyl (C=O) groups excluding carboxylic acids is 1. The van der Waals surface area contributed by atoms with Gasteiger partial charge < -0.3 is 20.0 Å². The largest absolute Gasteiger partial charge is 0.454 e. The molecule has 8 nitrogen and oxygen atoms in total. The van der Waals surface area contributed by atoms with Crippen LogP contribution in [-0.4, -0.2) is 54.3 Å². The van der Waals surface area contributed by atoms with E-state index in [0.29, 0.717) is 18.2 Å². The second-order valence-electron chi connectivity index (χ2n) is 6.51. The molecular formula is C17H24ClN5O3. The van der Waals surface area contributed by atoms with Crippen molar-refractivity contribution in [2.75, 3.05) is 38.6 Å². The van der Waals surface area contributed by atoms with Gasteiger partial charge in [-0.3, -0.25) is 9.59 Å². The van der Waals surface area contributed by atoms with Crippen LogP contribution in [-0.2, 0) is 6.54 Å². The van der Waals surface area contributed by atoms with E-state index in [2.05, 4.69) is 10.00 Å². The Hall–Kier alpha value is -2.32. The number of aromatic nitrogens is 2. The Morgan fingerprint density at radius 2 is 2.19 bits per heavy atom. The molecule has 2 aromatic rings. The van der Waals surface area contributed by atoms with Crippen molar-refractivity contribution in [3.8, 4) is 0 Å². The van der Waals surface area contributed by atoms with Gasteiger partial charge in [0.15, 0.2) is 5.76 Å². The van der Waals surface area contributed by atoms with E-state index in [9.17, 15) is 9.59 Å². The van der Waals surface area contributed by atoms with Crippen molar-refractivity contribution in [2.45, 2.75) is 13.0 Å². The summed E-state index contributed by atoms with van der Waals surface area (Å²) in [6.45, 7) is 2.59. The lowest BCUT2D eigenvalue weighted by Gasteiger charge is -2.18. The molecule has 1 amide bonds. The lowest BCUT2D eigenvalue weighted by atomic mass is 10.1. The van der Waals surface area contributed by atoms with Gasteiger partial charge in [-0.25, -0.2) is 4.68 Å². The minimum Gasteiger partial charge on any atom is -0.454 e. The number of nitrogens with two attached hydrogens (primary N) is 1. The summed E-state index contributed by atoms with van der Waals surface area (Å²) in [5.41, 5.74) is 6.33. The van der Waals surface area contributed by atoms with Crippen molar-refractivity contribution in [3.05, 3.63) is 46.3 Å². The van der Waals surface area contributed by atoms with E-state index in [4.69, 9.17) is 10.2 Å². The summed E-state index contributed by atoms with van der Waals surface area (Å²) in [5.74, 6) is 1.01. The summed E-state index contributed by atoms with van der Waals surface area (Å²) < 4.78 is 6.83. The van der Waals surface area contributed by atoms with Crippen molar-refractivity contribution in [1.29, 1.82) is 0 Å². The molecule has 1 unspecified atom stereocenters. The van der Waals surface area contributed by atoms with Gasteiger partial charge in [0.1, 0.15) is 12.3 Å². The molecule has 0 aliphatic carbocycles. The highest BCUT2D eigenvalue weighted by atomic mass is 35.5. The van der Waals surface area contributed by atoms with Gasteiger partial charge >= 0.3 is 0 Å². The van der Waals surface area contributed by atoms with E-state index in [0.717, 1.165) is 25.2 Å². The van der Waals surface area contributed by atoms with Crippen molar-refractivity contribution in [1.82, 2.24) is 14.7 Å². The topological polar surface area (TPSA) is 97.6 Å². The van der Waals surface area contributed by atoms with Crippen LogP contribution in [0.4, 0.5) is 5.69 Å². The molecule has 1 aliphatic heterocycles. The molecule has 0 radical (unpaired) electrons. The van der Waals surface area contributed by atoms with Crippen LogP contribution >= 0.6 is 12.4 Å². The number of amides is 1. The van der Waals surface area contributed by atoms with Crippen LogP contribution in [0.15, 0.2) is 33.6 Å². The predicted molar refractivity (Wildman–Crippen MR) is 101 cm³/mol. The molecule has 1 atom stereocenters. The molecule has 3 rings (SSSR count). The van der Waals surface area contributed by atoms with Crippen LogP contribution in [0, 0.1) is 5.92 Å². The Balaban J connectivity index is 0.00000243. The highest BCUT2D eigenvalue weighted by molar-refractivity contribution is 5.91. The molecule has 2 N–H and O–H groups in total. The minimum atomic E-state index is -0.217. The molecule has 142 valence electrons. The van der Waals surface area contributed by atoms with Crippen LogP contribution in [0.5, 0.6) is 0 Å². The zero-order valence-electron chi connectivity index (χ0n) is 14.9. The Kier molecular flexibility index (Phi) is 6.44. The molecule has 26 heavy (non-hydrogen) atoms. The quantitative estimate of drug-likeness (QED) is 0.822. The van der Waals surface area contributed by atoms with E-state index in [1.165, 1.54) is 9.58 Å². The Bertz CT molecular complexity index is 817. The van der Waals surface area contributed by atoms with Gasteiger partial charge in [-0.1, -0.05) is 0 Å². The lowest BCUT2D eigenvalue weighted by molar-refractivity contribution is 0.0794. The number of rotatable bonds is 5. The SMILES string of the molecule is CN(C)C(=O)c1ccc(Cn2ncc(N3CCC(CN)C3)cc2=O)o1.Cl.